The fourth-order valence-corrected chi connectivity index (χ4v) is 10.5. The highest BCUT2D eigenvalue weighted by molar-refractivity contribution is 5.84. The van der Waals surface area contributed by atoms with Crippen LogP contribution in [0.25, 0.3) is 0 Å². The van der Waals surface area contributed by atoms with Crippen molar-refractivity contribution in [3.8, 4) is 28.7 Å². The second-order valence-electron chi connectivity index (χ2n) is 28.3. The molecule has 5 amide bonds. The third kappa shape index (κ3) is 15.0. The van der Waals surface area contributed by atoms with Crippen LogP contribution in [-0.4, -0.2) is 84.9 Å². The zero-order chi connectivity index (χ0) is 65.5. The van der Waals surface area contributed by atoms with E-state index in [1.807, 2.05) is 112 Å². The second kappa shape index (κ2) is 25.3. The molecule has 10 rings (SSSR count). The molecule has 0 saturated heterocycles. The van der Waals surface area contributed by atoms with Crippen LogP contribution in [0, 0.1) is 40.5 Å². The molecule has 0 unspecified atom stereocenters. The molecule has 0 bridgehead atoms. The lowest BCUT2D eigenvalue weighted by atomic mass is 9.85. The van der Waals surface area contributed by atoms with Gasteiger partial charge in [-0.15, -0.1) is 0 Å². The SMILES string of the molecule is C/C=[N+]1/C(=O)Oc2c1cc(C)cc2C(C)(C)C.C/C=[N+]1/C(=O)Oc2c1cc(C)cc2C(C)(C)C.C=[N+]1C(=O)Oc2c1cc(C)cc2C(C)(C)C.CC/C=[N+]1/C(=O)Oc2c1cc(C)cc2C(C)(C)C.Cc1cc2c(c(C(C)(C)C)c1)OC(=O)/[N+]2=C/C(C)C. The van der Waals surface area contributed by atoms with Crippen molar-refractivity contribution in [3.05, 3.63) is 116 Å². The number of aryl methyl sites for hydroxylation is 5. The average Bonchev–Trinajstić information content (AvgIpc) is 1.80. The van der Waals surface area contributed by atoms with E-state index in [1.165, 1.54) is 4.58 Å². The molecule has 5 aromatic carbocycles. The molecule has 0 aliphatic carbocycles. The molecule has 0 saturated carbocycles. The van der Waals surface area contributed by atoms with Crippen molar-refractivity contribution >= 4 is 90.5 Å². The summed E-state index contributed by atoms with van der Waals surface area (Å²) in [5.41, 5.74) is 15.0. The Morgan fingerprint density at radius 3 is 0.874 bits per heavy atom. The molecular formula is C72H94N5O10+5. The predicted molar refractivity (Wildman–Crippen MR) is 347 cm³/mol. The Balaban J connectivity index is 0.000000174. The van der Waals surface area contributed by atoms with Gasteiger partial charge in [-0.05, 0) is 89.5 Å². The zero-order valence-corrected chi connectivity index (χ0v) is 56.4. The van der Waals surface area contributed by atoms with Crippen molar-refractivity contribution in [2.45, 2.75) is 207 Å². The molecule has 0 fully saturated rings. The van der Waals surface area contributed by atoms with Crippen LogP contribution in [0.5, 0.6) is 28.7 Å². The number of nitrogens with zero attached hydrogens (tertiary/aromatic N) is 5. The Kier molecular flexibility index (Phi) is 19.7. The minimum atomic E-state index is -0.411. The summed E-state index contributed by atoms with van der Waals surface area (Å²) in [7, 11) is 0. The molecule has 5 aliphatic rings. The van der Waals surface area contributed by atoms with Crippen LogP contribution in [0.4, 0.5) is 52.4 Å². The molecule has 0 atom stereocenters. The number of hydrogen-bond acceptors (Lipinski definition) is 10. The Labute approximate surface area is 516 Å². The van der Waals surface area contributed by atoms with Gasteiger partial charge in [-0.2, -0.15) is 24.0 Å². The Hall–Kier alpha value is -8.20. The fraction of sp³-hybridized carbons (Fsp3) is 0.444. The normalized spacial score (nSPS) is 16.7. The smallest absolute Gasteiger partial charge is 0.365 e. The number of benzene rings is 5. The topological polar surface area (TPSA) is 147 Å². The summed E-state index contributed by atoms with van der Waals surface area (Å²) in [6, 6.07) is 20.3. The average molecular weight is 1190 g/mol. The molecule has 0 spiro atoms. The molecule has 0 N–H and O–H groups in total. The monoisotopic (exact) mass is 1190 g/mol. The number of hydrogen-bond donors (Lipinski definition) is 0. The molecule has 5 aromatic rings. The fourth-order valence-electron chi connectivity index (χ4n) is 10.5. The standard InChI is InChI=1S/C16H22NO2.C15H20NO2.2C14H18NO2.C13H16NO2/c1-10(2)9-17-13-8-11(3)7-12(16(4,5)6)14(13)19-15(17)18;1-6-7-16-12-9-10(2)8-11(15(3,4)5)13(12)18-14(16)17;2*1-6-15-11-8-9(2)7-10(14(3,4)5)12(11)17-13(15)16;1-8-6-9(13(2,3)4)11-10(7-8)14(5)12(15)16-11/h7-10H,1-6H3;7-9H,6H2,1-5H3;2*6-8H,1-5H3;6-7H,5H2,1-4H3/q5*+1/b17-9+;16-7+;2*15-6+;. The molecule has 15 heteroatoms. The maximum atomic E-state index is 12.0. The summed E-state index contributed by atoms with van der Waals surface area (Å²) in [6.45, 7) is 55.4. The number of amides is 5. The Bertz CT molecular complexity index is 3680. The van der Waals surface area contributed by atoms with E-state index in [0.29, 0.717) is 28.7 Å². The van der Waals surface area contributed by atoms with Crippen molar-refractivity contribution in [1.29, 1.82) is 0 Å². The van der Waals surface area contributed by atoms with Gasteiger partial charge >= 0.3 is 30.5 Å². The first kappa shape index (κ1) is 67.9. The van der Waals surface area contributed by atoms with Crippen LogP contribution in [-0.2, 0) is 27.1 Å². The summed E-state index contributed by atoms with van der Waals surface area (Å²) in [5, 5.41) is 0. The van der Waals surface area contributed by atoms with E-state index in [2.05, 4.69) is 141 Å². The van der Waals surface area contributed by atoms with E-state index in [-0.39, 0.29) is 57.4 Å². The predicted octanol–water partition coefficient (Wildman–Crippen LogP) is 18.3. The van der Waals surface area contributed by atoms with Crippen LogP contribution >= 0.6 is 0 Å². The maximum Gasteiger partial charge on any atom is 0.608 e. The van der Waals surface area contributed by atoms with Crippen molar-refractivity contribution in [1.82, 2.24) is 0 Å². The van der Waals surface area contributed by atoms with Gasteiger partial charge in [-0.3, -0.25) is 0 Å². The van der Waals surface area contributed by atoms with E-state index >= 15 is 0 Å². The molecule has 5 aliphatic heterocycles. The lowest BCUT2D eigenvalue weighted by Crippen LogP contribution is -2.16. The van der Waals surface area contributed by atoms with Crippen molar-refractivity contribution < 1.29 is 70.5 Å². The number of carbonyl (C=O) groups is 5. The van der Waals surface area contributed by atoms with Gasteiger partial charge in [0.2, 0.25) is 28.7 Å². The van der Waals surface area contributed by atoms with Gasteiger partial charge in [0.05, 0.1) is 0 Å². The van der Waals surface area contributed by atoms with Crippen molar-refractivity contribution in [2.75, 3.05) is 0 Å². The minimum Gasteiger partial charge on any atom is -0.365 e. The minimum absolute atomic E-state index is 0.0415. The third-order valence-corrected chi connectivity index (χ3v) is 14.7. The number of ether oxygens (including phenoxy) is 5. The third-order valence-electron chi connectivity index (χ3n) is 14.7. The Morgan fingerprint density at radius 2 is 0.609 bits per heavy atom. The quantitative estimate of drug-likeness (QED) is 0.157. The lowest BCUT2D eigenvalue weighted by molar-refractivity contribution is -0.331. The highest BCUT2D eigenvalue weighted by atomic mass is 16.6. The van der Waals surface area contributed by atoms with Crippen LogP contribution in [0.3, 0.4) is 0 Å². The first-order valence-electron chi connectivity index (χ1n) is 29.9. The molecule has 5 heterocycles. The summed E-state index contributed by atoms with van der Waals surface area (Å²) in [5.74, 6) is 3.76. The maximum absolute atomic E-state index is 12.0. The van der Waals surface area contributed by atoms with Crippen LogP contribution < -0.4 is 23.7 Å². The van der Waals surface area contributed by atoms with E-state index in [0.717, 1.165) is 90.5 Å². The van der Waals surface area contributed by atoms with E-state index < -0.39 is 6.09 Å². The number of carbonyl (C=O) groups excluding carboxylic acids is 5. The van der Waals surface area contributed by atoms with Gasteiger partial charge in [0.15, 0.2) is 24.9 Å². The summed E-state index contributed by atoms with van der Waals surface area (Å²) < 4.78 is 34.6. The first-order chi connectivity index (χ1) is 40.0. The zero-order valence-electron chi connectivity index (χ0n) is 56.4. The molecule has 0 aromatic heterocycles. The van der Waals surface area contributed by atoms with Gasteiger partial charge in [0, 0.05) is 84.3 Å². The molecule has 15 nitrogen and oxygen atoms in total. The first-order valence-corrected chi connectivity index (χ1v) is 29.9. The van der Waals surface area contributed by atoms with Crippen LogP contribution in [0.2, 0.25) is 0 Å². The van der Waals surface area contributed by atoms with Crippen molar-refractivity contribution in [2.24, 2.45) is 5.92 Å². The van der Waals surface area contributed by atoms with E-state index in [1.54, 1.807) is 30.7 Å². The van der Waals surface area contributed by atoms with Gasteiger partial charge < -0.3 is 23.7 Å². The summed E-state index contributed by atoms with van der Waals surface area (Å²) in [6.07, 6.45) is 6.37. The van der Waals surface area contributed by atoms with Gasteiger partial charge in [-0.25, -0.2) is 0 Å². The molecule has 462 valence electrons. The summed E-state index contributed by atoms with van der Waals surface area (Å²) in [4.78, 5) is 58.8. The van der Waals surface area contributed by atoms with Gasteiger partial charge in [-0.1, -0.05) is 178 Å². The van der Waals surface area contributed by atoms with Crippen molar-refractivity contribution in [3.63, 3.8) is 0 Å². The van der Waals surface area contributed by atoms with E-state index in [4.69, 9.17) is 23.7 Å². The molecular weight excluding hydrogens is 1090 g/mol. The van der Waals surface area contributed by atoms with E-state index in [9.17, 15) is 24.0 Å². The van der Waals surface area contributed by atoms with Crippen LogP contribution in [0.1, 0.15) is 201 Å². The Morgan fingerprint density at radius 1 is 0.379 bits per heavy atom. The highest BCUT2D eigenvalue weighted by Crippen LogP contribution is 2.48. The lowest BCUT2D eigenvalue weighted by Gasteiger charge is -2.20. The largest absolute Gasteiger partial charge is 0.608 e. The summed E-state index contributed by atoms with van der Waals surface area (Å²) >= 11 is 0. The van der Waals surface area contributed by atoms with Crippen LogP contribution in [0.15, 0.2) is 60.7 Å². The number of fused-ring (bicyclic) bond motifs is 5. The number of rotatable bonds is 2. The molecule has 0 radical (unpaired) electrons. The second-order valence-corrected chi connectivity index (χ2v) is 28.3. The highest BCUT2D eigenvalue weighted by Gasteiger charge is 2.45. The molecule has 87 heavy (non-hydrogen) atoms. The van der Waals surface area contributed by atoms with Gasteiger partial charge in [0.25, 0.3) is 28.4 Å². The van der Waals surface area contributed by atoms with Gasteiger partial charge in [0.1, 0.15) is 6.72 Å².